The summed E-state index contributed by atoms with van der Waals surface area (Å²) in [5, 5.41) is 13.8. The van der Waals surface area contributed by atoms with Crippen LogP contribution >= 0.6 is 0 Å². The van der Waals surface area contributed by atoms with Crippen LogP contribution in [0.2, 0.25) is 0 Å². The molecule has 10 heteroatoms. The molecule has 216 valence electrons. The van der Waals surface area contributed by atoms with E-state index in [1.165, 1.54) is 24.3 Å². The number of nitrogens with zero attached hydrogens (tertiary/aromatic N) is 3. The van der Waals surface area contributed by atoms with Gasteiger partial charge >= 0.3 is 0 Å². The van der Waals surface area contributed by atoms with Crippen molar-refractivity contribution in [2.75, 3.05) is 51.3 Å². The molecular formula is C30H42N5O5+. The van der Waals surface area contributed by atoms with Crippen molar-refractivity contribution < 1.29 is 23.7 Å². The summed E-state index contributed by atoms with van der Waals surface area (Å²) in [5.74, 6) is -0.0485. The van der Waals surface area contributed by atoms with Crippen LogP contribution in [-0.4, -0.2) is 84.1 Å². The van der Waals surface area contributed by atoms with Gasteiger partial charge < -0.3 is 25.2 Å². The summed E-state index contributed by atoms with van der Waals surface area (Å²) in [6, 6.07) is 13.4. The highest BCUT2D eigenvalue weighted by atomic mass is 16.6. The van der Waals surface area contributed by atoms with E-state index in [0.29, 0.717) is 43.6 Å². The van der Waals surface area contributed by atoms with Gasteiger partial charge in [0.05, 0.1) is 49.9 Å². The molecule has 0 aromatic heterocycles. The van der Waals surface area contributed by atoms with Gasteiger partial charge in [-0.1, -0.05) is 19.1 Å². The zero-order valence-electron chi connectivity index (χ0n) is 23.6. The molecule has 0 aliphatic carbocycles. The fourth-order valence-electron chi connectivity index (χ4n) is 6.24. The number of nitrogens with one attached hydrogen (secondary N) is 1. The van der Waals surface area contributed by atoms with Crippen molar-refractivity contribution in [1.29, 1.82) is 0 Å². The number of quaternary nitrogens is 1. The van der Waals surface area contributed by atoms with E-state index >= 15 is 0 Å². The summed E-state index contributed by atoms with van der Waals surface area (Å²) in [6.07, 6.45) is 3.82. The minimum Gasteiger partial charge on any atom is -0.378 e. The number of hydrogen-bond acceptors (Lipinski definition) is 6. The van der Waals surface area contributed by atoms with Gasteiger partial charge in [0.1, 0.15) is 0 Å². The number of rotatable bonds is 10. The molecule has 2 aliphatic rings. The van der Waals surface area contributed by atoms with Crippen molar-refractivity contribution in [2.24, 2.45) is 11.7 Å². The Morgan fingerprint density at radius 3 is 2.45 bits per heavy atom. The zero-order chi connectivity index (χ0) is 28.7. The molecule has 2 fully saturated rings. The van der Waals surface area contributed by atoms with Crippen molar-refractivity contribution in [3.63, 3.8) is 0 Å². The average molecular weight is 553 g/mol. The maximum atomic E-state index is 13.0. The Balaban J connectivity index is 1.37. The van der Waals surface area contributed by atoms with Crippen LogP contribution in [-0.2, 0) is 16.0 Å². The molecular weight excluding hydrogens is 510 g/mol. The molecule has 2 amide bonds. The van der Waals surface area contributed by atoms with Crippen molar-refractivity contribution in [2.45, 2.75) is 51.6 Å². The molecule has 40 heavy (non-hydrogen) atoms. The highest BCUT2D eigenvalue weighted by Gasteiger charge is 2.41. The fraction of sp³-hybridized carbons (Fsp3) is 0.533. The number of carbonyl (C=O) groups excluding carboxylic acids is 2. The van der Waals surface area contributed by atoms with E-state index in [0.717, 1.165) is 55.4 Å². The Labute approximate surface area is 236 Å². The topological polar surface area (TPSA) is 128 Å². The first-order valence-electron chi connectivity index (χ1n) is 14.3. The lowest BCUT2D eigenvalue weighted by atomic mass is 9.86. The van der Waals surface area contributed by atoms with E-state index in [1.54, 1.807) is 0 Å². The van der Waals surface area contributed by atoms with Crippen molar-refractivity contribution in [1.82, 2.24) is 4.90 Å². The Bertz CT molecular complexity index is 1170. The van der Waals surface area contributed by atoms with Crippen LogP contribution in [0.15, 0.2) is 48.5 Å². The first-order valence-corrected chi connectivity index (χ1v) is 14.3. The monoisotopic (exact) mass is 552 g/mol. The van der Waals surface area contributed by atoms with Crippen LogP contribution in [0.25, 0.3) is 0 Å². The van der Waals surface area contributed by atoms with Gasteiger partial charge in [0.15, 0.2) is 0 Å². The number of hydrogen-bond donors (Lipinski definition) is 2. The highest BCUT2D eigenvalue weighted by Crippen LogP contribution is 2.31. The molecule has 0 spiro atoms. The number of benzene rings is 2. The van der Waals surface area contributed by atoms with Crippen molar-refractivity contribution in [3.05, 3.63) is 69.8 Å². The lowest BCUT2D eigenvalue weighted by Crippen LogP contribution is -2.61. The number of likely N-dealkylation sites (tertiary alicyclic amines) is 1. The van der Waals surface area contributed by atoms with Gasteiger partial charge in [0.25, 0.3) is 11.6 Å². The predicted molar refractivity (Wildman–Crippen MR) is 154 cm³/mol. The van der Waals surface area contributed by atoms with Gasteiger partial charge in [-0.3, -0.25) is 19.7 Å². The second-order valence-corrected chi connectivity index (χ2v) is 11.2. The number of nitrogens with two attached hydrogens (primary N) is 1. The van der Waals surface area contributed by atoms with Crippen LogP contribution in [0.3, 0.4) is 0 Å². The third-order valence-electron chi connectivity index (χ3n) is 8.67. The lowest BCUT2D eigenvalue weighted by Gasteiger charge is -2.49. The number of piperidine rings is 1. The molecule has 0 bridgehead atoms. The molecule has 3 N–H and O–H groups in total. The van der Waals surface area contributed by atoms with Crippen LogP contribution in [0.4, 0.5) is 11.4 Å². The number of morpholine rings is 1. The number of anilines is 1. The van der Waals surface area contributed by atoms with E-state index in [-0.39, 0.29) is 23.4 Å². The van der Waals surface area contributed by atoms with Crippen molar-refractivity contribution >= 4 is 23.2 Å². The Morgan fingerprint density at radius 2 is 1.82 bits per heavy atom. The normalized spacial score (nSPS) is 22.8. The largest absolute Gasteiger partial charge is 0.378 e. The maximum Gasteiger partial charge on any atom is 0.269 e. The Morgan fingerprint density at radius 1 is 1.15 bits per heavy atom. The van der Waals surface area contributed by atoms with E-state index < -0.39 is 11.0 Å². The molecule has 2 saturated heterocycles. The van der Waals surface area contributed by atoms with Gasteiger partial charge in [-0.25, -0.2) is 0 Å². The number of non-ortho nitro benzene ring substituents is 1. The number of ether oxygens (including phenoxy) is 1. The lowest BCUT2D eigenvalue weighted by molar-refractivity contribution is -0.954. The third-order valence-corrected chi connectivity index (χ3v) is 8.67. The Hall–Kier alpha value is -3.34. The standard InChI is InChI=1S/C30H41N5O5/c1-3-15-35(16-11-24(12-17-35)28(31)30(37)33-13-18-40-19-14-33)22(2)20-23-5-4-6-26(21-23)32-29(36)25-7-9-27(10-8-25)34(38)39/h4-10,21-22,24,28H,3,11-20,31H2,1-2H3/p+1. The molecule has 2 atom stereocenters. The van der Waals surface area contributed by atoms with Crippen LogP contribution in [0.1, 0.15) is 49.0 Å². The molecule has 0 radical (unpaired) electrons. The molecule has 2 aromatic rings. The quantitative estimate of drug-likeness (QED) is 0.263. The molecule has 2 heterocycles. The first kappa shape index (κ1) is 29.6. The SMILES string of the molecule is CCC[N+]1(C(C)Cc2cccc(NC(=O)c3ccc([N+](=O)[O-])cc3)c2)CCC(C(N)C(=O)N2CCOCC2)CC1. The number of carbonyl (C=O) groups is 2. The van der Waals surface area contributed by atoms with Gasteiger partial charge in [0.2, 0.25) is 5.91 Å². The molecule has 0 saturated carbocycles. The molecule has 2 aliphatic heterocycles. The summed E-state index contributed by atoms with van der Waals surface area (Å²) in [6.45, 7) is 10.0. The number of amides is 2. The molecule has 4 rings (SSSR count). The minimum atomic E-state index is -0.484. The second-order valence-electron chi connectivity index (χ2n) is 11.2. The summed E-state index contributed by atoms with van der Waals surface area (Å²) in [7, 11) is 0. The fourth-order valence-corrected chi connectivity index (χ4v) is 6.24. The highest BCUT2D eigenvalue weighted by molar-refractivity contribution is 6.04. The minimum absolute atomic E-state index is 0.0496. The van der Waals surface area contributed by atoms with Crippen LogP contribution in [0, 0.1) is 16.0 Å². The number of nitro benzene ring substituents is 1. The summed E-state index contributed by atoms with van der Waals surface area (Å²) in [5.41, 5.74) is 8.65. The van der Waals surface area contributed by atoms with Crippen LogP contribution in [0.5, 0.6) is 0 Å². The summed E-state index contributed by atoms with van der Waals surface area (Å²) in [4.78, 5) is 38.0. The summed E-state index contributed by atoms with van der Waals surface area (Å²) < 4.78 is 6.39. The predicted octanol–water partition coefficient (Wildman–Crippen LogP) is 3.60. The molecule has 2 aromatic carbocycles. The van der Waals surface area contributed by atoms with Gasteiger partial charge in [0, 0.05) is 55.7 Å². The van der Waals surface area contributed by atoms with E-state index in [1.807, 2.05) is 23.1 Å². The molecule has 10 nitrogen and oxygen atoms in total. The summed E-state index contributed by atoms with van der Waals surface area (Å²) >= 11 is 0. The second kappa shape index (κ2) is 13.3. The maximum absolute atomic E-state index is 13.0. The van der Waals surface area contributed by atoms with Gasteiger partial charge in [-0.05, 0) is 49.1 Å². The smallest absolute Gasteiger partial charge is 0.269 e. The van der Waals surface area contributed by atoms with E-state index in [2.05, 4.69) is 25.2 Å². The first-order chi connectivity index (χ1) is 19.2. The Kier molecular flexibility index (Phi) is 9.89. The van der Waals surface area contributed by atoms with Gasteiger partial charge in [-0.15, -0.1) is 0 Å². The van der Waals surface area contributed by atoms with Crippen molar-refractivity contribution in [3.8, 4) is 0 Å². The van der Waals surface area contributed by atoms with E-state index in [4.69, 9.17) is 10.5 Å². The zero-order valence-corrected chi connectivity index (χ0v) is 23.6. The number of nitro groups is 1. The molecule has 2 unspecified atom stereocenters. The third kappa shape index (κ3) is 7.04. The van der Waals surface area contributed by atoms with Crippen LogP contribution < -0.4 is 11.1 Å². The van der Waals surface area contributed by atoms with E-state index in [9.17, 15) is 19.7 Å². The van der Waals surface area contributed by atoms with Gasteiger partial charge in [-0.2, -0.15) is 0 Å². The average Bonchev–Trinajstić information content (AvgIpc) is 2.97.